The Morgan fingerprint density at radius 3 is 1.23 bits per heavy atom. The lowest BCUT2D eigenvalue weighted by Crippen LogP contribution is -2.30. The van der Waals surface area contributed by atoms with Gasteiger partial charge in [-0.2, -0.15) is 0 Å². The van der Waals surface area contributed by atoms with Crippen molar-refractivity contribution < 1.29 is 23.8 Å². The third-order valence-electron chi connectivity index (χ3n) is 10.6. The number of rotatable bonds is 46. The van der Waals surface area contributed by atoms with E-state index in [0.717, 1.165) is 103 Å². The van der Waals surface area contributed by atoms with E-state index in [1.165, 1.54) is 89.9 Å². The first kappa shape index (κ1) is 58.8. The van der Waals surface area contributed by atoms with Gasteiger partial charge in [0.1, 0.15) is 6.61 Å². The highest BCUT2D eigenvalue weighted by Crippen LogP contribution is 2.13. The van der Waals surface area contributed by atoms with E-state index in [4.69, 9.17) is 14.2 Å². The zero-order valence-corrected chi connectivity index (χ0v) is 40.6. The van der Waals surface area contributed by atoms with Gasteiger partial charge in [-0.05, 0) is 109 Å². The molecule has 0 fully saturated rings. The Morgan fingerprint density at radius 2 is 0.742 bits per heavy atom. The van der Waals surface area contributed by atoms with E-state index in [9.17, 15) is 9.59 Å². The molecule has 0 saturated heterocycles. The van der Waals surface area contributed by atoms with Crippen molar-refractivity contribution in [1.29, 1.82) is 0 Å². The summed E-state index contributed by atoms with van der Waals surface area (Å²) in [6.45, 7) is 7.51. The molecule has 0 radical (unpaired) electrons. The van der Waals surface area contributed by atoms with Crippen LogP contribution >= 0.6 is 0 Å². The van der Waals surface area contributed by atoms with Gasteiger partial charge >= 0.3 is 11.9 Å². The molecule has 0 saturated carbocycles. The van der Waals surface area contributed by atoms with Crippen molar-refractivity contribution in [3.8, 4) is 0 Å². The van der Waals surface area contributed by atoms with Crippen molar-refractivity contribution in [3.05, 3.63) is 97.2 Å². The summed E-state index contributed by atoms with van der Waals surface area (Å²) in [5, 5.41) is 0. The molecule has 0 N–H and O–H groups in total. The smallest absolute Gasteiger partial charge is 0.306 e. The largest absolute Gasteiger partial charge is 0.462 e. The van der Waals surface area contributed by atoms with Gasteiger partial charge in [-0.25, -0.2) is 0 Å². The van der Waals surface area contributed by atoms with Crippen molar-refractivity contribution in [2.75, 3.05) is 19.8 Å². The van der Waals surface area contributed by atoms with E-state index in [2.05, 4.69) is 118 Å². The van der Waals surface area contributed by atoms with Gasteiger partial charge in [0, 0.05) is 19.4 Å². The second-order valence-corrected chi connectivity index (χ2v) is 16.7. The summed E-state index contributed by atoms with van der Waals surface area (Å²) in [5.41, 5.74) is 0. The van der Waals surface area contributed by atoms with Crippen LogP contribution in [0.2, 0.25) is 0 Å². The second-order valence-electron chi connectivity index (χ2n) is 16.7. The molecular formula is C57H96O5. The van der Waals surface area contributed by atoms with Crippen molar-refractivity contribution in [2.45, 2.75) is 232 Å². The summed E-state index contributed by atoms with van der Waals surface area (Å²) < 4.78 is 17.3. The van der Waals surface area contributed by atoms with Gasteiger partial charge < -0.3 is 14.2 Å². The molecule has 0 rings (SSSR count). The fraction of sp³-hybridized carbons (Fsp3) is 0.684. The lowest BCUT2D eigenvalue weighted by Gasteiger charge is -2.18. The summed E-state index contributed by atoms with van der Waals surface area (Å²) in [5.74, 6) is -0.453. The van der Waals surface area contributed by atoms with Crippen molar-refractivity contribution in [2.24, 2.45) is 0 Å². The Hall–Kier alpha value is -3.18. The van der Waals surface area contributed by atoms with Crippen molar-refractivity contribution in [3.63, 3.8) is 0 Å². The number of esters is 2. The summed E-state index contributed by atoms with van der Waals surface area (Å²) in [4.78, 5) is 25.3. The maximum Gasteiger partial charge on any atom is 0.306 e. The number of allylic oxidation sites excluding steroid dienone is 16. The fourth-order valence-corrected chi connectivity index (χ4v) is 6.74. The molecule has 0 aliphatic rings. The molecule has 0 heterocycles. The van der Waals surface area contributed by atoms with Crippen LogP contribution in [0.3, 0.4) is 0 Å². The summed E-state index contributed by atoms with van der Waals surface area (Å²) >= 11 is 0. The highest BCUT2D eigenvalue weighted by Gasteiger charge is 2.17. The predicted octanol–water partition coefficient (Wildman–Crippen LogP) is 17.5. The lowest BCUT2D eigenvalue weighted by molar-refractivity contribution is -0.163. The number of ether oxygens (including phenoxy) is 3. The summed E-state index contributed by atoms with van der Waals surface area (Å²) in [6, 6.07) is 0. The zero-order valence-electron chi connectivity index (χ0n) is 40.6. The van der Waals surface area contributed by atoms with E-state index in [1.807, 2.05) is 0 Å². The molecule has 62 heavy (non-hydrogen) atoms. The number of carbonyl (C=O) groups excluding carboxylic acids is 2. The minimum absolute atomic E-state index is 0.0502. The molecule has 5 heteroatoms. The molecule has 0 aliphatic heterocycles. The van der Waals surface area contributed by atoms with Crippen LogP contribution < -0.4 is 0 Å². The number of carbonyl (C=O) groups is 2. The zero-order chi connectivity index (χ0) is 44.9. The first-order valence-corrected chi connectivity index (χ1v) is 25.8. The van der Waals surface area contributed by atoms with Crippen LogP contribution in [0.1, 0.15) is 226 Å². The van der Waals surface area contributed by atoms with Gasteiger partial charge in [0.2, 0.25) is 0 Å². The standard InChI is InChI=1S/C57H96O5/c1-4-7-10-13-16-19-22-24-26-27-28-29-30-32-34-37-40-43-46-49-52-60-53-55(62-57(59)51-48-45-42-39-35-21-18-15-12-9-6-3)54-61-56(58)50-47-44-41-38-36-33-31-25-23-20-17-14-11-8-5-2/h7,10,15-16,18-19,24-26,28-29,31-32,34,40,43,55H,4-6,8-9,11-14,17,20-23,27,30,33,35-39,41-42,44-54H2,1-3H3/b10-7-,18-15-,19-16-,26-24-,29-28-,31-25-,34-32-,43-40-. The normalized spacial score (nSPS) is 13.0. The molecule has 0 aromatic carbocycles. The quantitative estimate of drug-likeness (QED) is 0.0347. The first-order chi connectivity index (χ1) is 30.6. The maximum absolute atomic E-state index is 12.8. The van der Waals surface area contributed by atoms with Crippen LogP contribution in [-0.4, -0.2) is 37.9 Å². The summed E-state index contributed by atoms with van der Waals surface area (Å²) in [7, 11) is 0. The highest BCUT2D eigenvalue weighted by atomic mass is 16.6. The first-order valence-electron chi connectivity index (χ1n) is 25.8. The van der Waals surface area contributed by atoms with E-state index in [-0.39, 0.29) is 25.2 Å². The molecule has 354 valence electrons. The molecule has 0 aromatic heterocycles. The van der Waals surface area contributed by atoms with Gasteiger partial charge in [0.25, 0.3) is 0 Å². The molecule has 0 aromatic rings. The van der Waals surface area contributed by atoms with Crippen LogP contribution in [-0.2, 0) is 23.8 Å². The minimum Gasteiger partial charge on any atom is -0.462 e. The Morgan fingerprint density at radius 1 is 0.371 bits per heavy atom. The number of hydrogen-bond donors (Lipinski definition) is 0. The molecular weight excluding hydrogens is 765 g/mol. The minimum atomic E-state index is -0.578. The number of hydrogen-bond acceptors (Lipinski definition) is 5. The molecule has 0 bridgehead atoms. The number of unbranched alkanes of at least 4 members (excludes halogenated alkanes) is 19. The molecule has 1 atom stereocenters. The average Bonchev–Trinajstić information content (AvgIpc) is 3.27. The SMILES string of the molecule is CC/C=C\C/C=C\C/C=C\C/C=C\C/C=C\C/C=C\CCCOCC(COC(=O)CCCCCCC/C=C\CCCCCCCC)OC(=O)CCCCCCC/C=C\CCCC. The van der Waals surface area contributed by atoms with Gasteiger partial charge in [0.15, 0.2) is 6.10 Å². The molecule has 5 nitrogen and oxygen atoms in total. The Bertz CT molecular complexity index is 1200. The molecule has 1 unspecified atom stereocenters. The Kier molecular flexibility index (Phi) is 49.5. The van der Waals surface area contributed by atoms with Crippen LogP contribution in [0.4, 0.5) is 0 Å². The maximum atomic E-state index is 12.8. The molecule has 0 amide bonds. The van der Waals surface area contributed by atoms with Crippen LogP contribution in [0, 0.1) is 0 Å². The predicted molar refractivity (Wildman–Crippen MR) is 270 cm³/mol. The van der Waals surface area contributed by atoms with E-state index >= 15 is 0 Å². The molecule has 0 spiro atoms. The molecule has 0 aliphatic carbocycles. The van der Waals surface area contributed by atoms with E-state index in [1.54, 1.807) is 0 Å². The lowest BCUT2D eigenvalue weighted by atomic mass is 10.1. The van der Waals surface area contributed by atoms with Crippen molar-refractivity contribution in [1.82, 2.24) is 0 Å². The Labute approximate surface area is 383 Å². The third-order valence-corrected chi connectivity index (χ3v) is 10.6. The monoisotopic (exact) mass is 861 g/mol. The fourth-order valence-electron chi connectivity index (χ4n) is 6.74. The van der Waals surface area contributed by atoms with Gasteiger partial charge in [0.05, 0.1) is 6.61 Å². The van der Waals surface area contributed by atoms with Crippen LogP contribution in [0.25, 0.3) is 0 Å². The van der Waals surface area contributed by atoms with Crippen molar-refractivity contribution >= 4 is 11.9 Å². The van der Waals surface area contributed by atoms with Crippen LogP contribution in [0.15, 0.2) is 97.2 Å². The topological polar surface area (TPSA) is 61.8 Å². The average molecular weight is 861 g/mol. The van der Waals surface area contributed by atoms with E-state index in [0.29, 0.717) is 19.4 Å². The summed E-state index contributed by atoms with van der Waals surface area (Å²) in [6.07, 6.45) is 70.0. The second kappa shape index (κ2) is 52.2. The third kappa shape index (κ3) is 49.5. The van der Waals surface area contributed by atoms with Gasteiger partial charge in [-0.15, -0.1) is 0 Å². The van der Waals surface area contributed by atoms with E-state index < -0.39 is 6.10 Å². The van der Waals surface area contributed by atoms with Gasteiger partial charge in [-0.1, -0.05) is 201 Å². The highest BCUT2D eigenvalue weighted by molar-refractivity contribution is 5.70. The Balaban J connectivity index is 4.37. The van der Waals surface area contributed by atoms with Crippen LogP contribution in [0.5, 0.6) is 0 Å². The van der Waals surface area contributed by atoms with Gasteiger partial charge in [-0.3, -0.25) is 9.59 Å².